The van der Waals surface area contributed by atoms with Gasteiger partial charge in [0.25, 0.3) is 0 Å². The predicted molar refractivity (Wildman–Crippen MR) is 43.1 cm³/mol. The highest BCUT2D eigenvalue weighted by molar-refractivity contribution is 5.73. The second-order valence-corrected chi connectivity index (χ2v) is 3.62. The van der Waals surface area contributed by atoms with Crippen molar-refractivity contribution in [2.24, 2.45) is 11.8 Å². The number of carbonyl (C=O) groups is 1. The third-order valence-electron chi connectivity index (χ3n) is 2.14. The van der Waals surface area contributed by atoms with Crippen LogP contribution in [0.4, 0.5) is 0 Å². The van der Waals surface area contributed by atoms with Crippen molar-refractivity contribution in [3.05, 3.63) is 0 Å². The molecule has 0 aromatic carbocycles. The molecular weight excluding hydrogens is 140 g/mol. The van der Waals surface area contributed by atoms with Crippen LogP contribution < -0.4 is 0 Å². The molecule has 0 unspecified atom stereocenters. The molecule has 1 aliphatic rings. The lowest BCUT2D eigenvalue weighted by Gasteiger charge is -2.06. The Morgan fingerprint density at radius 1 is 1.64 bits per heavy atom. The van der Waals surface area contributed by atoms with E-state index in [1.807, 2.05) is 0 Å². The topological polar surface area (TPSA) is 26.3 Å². The molecule has 1 aliphatic heterocycles. The van der Waals surface area contributed by atoms with Crippen molar-refractivity contribution < 1.29 is 9.53 Å². The minimum atomic E-state index is 0.0191. The number of carbonyl (C=O) groups excluding carboxylic acids is 1. The third kappa shape index (κ3) is 2.52. The molecule has 1 saturated heterocycles. The molecule has 0 saturated carbocycles. The fourth-order valence-electron chi connectivity index (χ4n) is 1.33. The van der Waals surface area contributed by atoms with E-state index in [4.69, 9.17) is 4.74 Å². The zero-order valence-electron chi connectivity index (χ0n) is 7.30. The molecule has 1 fully saturated rings. The van der Waals surface area contributed by atoms with Gasteiger partial charge in [0.05, 0.1) is 12.5 Å². The van der Waals surface area contributed by atoms with Crippen molar-refractivity contribution in [1.29, 1.82) is 0 Å². The van der Waals surface area contributed by atoms with Gasteiger partial charge >= 0.3 is 5.97 Å². The number of ether oxygens (including phenoxy) is 1. The van der Waals surface area contributed by atoms with Crippen molar-refractivity contribution in [3.63, 3.8) is 0 Å². The zero-order chi connectivity index (χ0) is 8.27. The van der Waals surface area contributed by atoms with Gasteiger partial charge in [0.2, 0.25) is 0 Å². The maximum Gasteiger partial charge on any atom is 0.309 e. The SMILES string of the molecule is CC(C)CC[C@H]1CCOC1=O. The summed E-state index contributed by atoms with van der Waals surface area (Å²) in [6.45, 7) is 5.00. The minimum Gasteiger partial charge on any atom is -0.465 e. The second-order valence-electron chi connectivity index (χ2n) is 3.62. The maximum absolute atomic E-state index is 11.0. The second kappa shape index (κ2) is 3.74. The molecule has 0 bridgehead atoms. The molecule has 1 rings (SSSR count). The van der Waals surface area contributed by atoms with Gasteiger partial charge in [-0.3, -0.25) is 4.79 Å². The Hall–Kier alpha value is -0.530. The number of cyclic esters (lactones) is 1. The van der Waals surface area contributed by atoms with Gasteiger partial charge in [-0.05, 0) is 18.8 Å². The summed E-state index contributed by atoms with van der Waals surface area (Å²) in [7, 11) is 0. The number of rotatable bonds is 3. The number of hydrogen-bond acceptors (Lipinski definition) is 2. The van der Waals surface area contributed by atoms with Gasteiger partial charge in [0.15, 0.2) is 0 Å². The van der Waals surface area contributed by atoms with Crippen molar-refractivity contribution in [3.8, 4) is 0 Å². The van der Waals surface area contributed by atoms with Crippen LogP contribution in [0.1, 0.15) is 33.1 Å². The van der Waals surface area contributed by atoms with E-state index in [9.17, 15) is 4.79 Å². The van der Waals surface area contributed by atoms with Gasteiger partial charge in [0, 0.05) is 0 Å². The molecule has 0 amide bonds. The molecule has 0 radical (unpaired) electrons. The highest BCUT2D eigenvalue weighted by atomic mass is 16.5. The number of esters is 1. The van der Waals surface area contributed by atoms with Crippen LogP contribution in [0, 0.1) is 11.8 Å². The van der Waals surface area contributed by atoms with Crippen LogP contribution in [0.3, 0.4) is 0 Å². The summed E-state index contributed by atoms with van der Waals surface area (Å²) in [5.41, 5.74) is 0. The van der Waals surface area contributed by atoms with Crippen LogP contribution in [0.5, 0.6) is 0 Å². The van der Waals surface area contributed by atoms with Crippen LogP contribution in [0.25, 0.3) is 0 Å². The van der Waals surface area contributed by atoms with Gasteiger partial charge in [-0.1, -0.05) is 20.3 Å². The Morgan fingerprint density at radius 3 is 2.82 bits per heavy atom. The average molecular weight is 156 g/mol. The Balaban J connectivity index is 2.20. The minimum absolute atomic E-state index is 0.0191. The van der Waals surface area contributed by atoms with E-state index >= 15 is 0 Å². The highest BCUT2D eigenvalue weighted by Crippen LogP contribution is 2.21. The lowest BCUT2D eigenvalue weighted by molar-refractivity contribution is -0.141. The Kier molecular flexibility index (Phi) is 2.92. The van der Waals surface area contributed by atoms with Gasteiger partial charge in [-0.2, -0.15) is 0 Å². The van der Waals surface area contributed by atoms with Gasteiger partial charge < -0.3 is 4.74 Å². The molecule has 0 aromatic heterocycles. The lowest BCUT2D eigenvalue weighted by Crippen LogP contribution is -2.08. The Morgan fingerprint density at radius 2 is 2.36 bits per heavy atom. The highest BCUT2D eigenvalue weighted by Gasteiger charge is 2.25. The molecule has 0 aromatic rings. The third-order valence-corrected chi connectivity index (χ3v) is 2.14. The fraction of sp³-hybridized carbons (Fsp3) is 0.889. The van der Waals surface area contributed by atoms with E-state index in [0.29, 0.717) is 12.5 Å². The summed E-state index contributed by atoms with van der Waals surface area (Å²) in [5.74, 6) is 0.923. The van der Waals surface area contributed by atoms with Crippen LogP contribution in [0.2, 0.25) is 0 Å². The molecule has 2 nitrogen and oxygen atoms in total. The van der Waals surface area contributed by atoms with E-state index in [0.717, 1.165) is 19.3 Å². The van der Waals surface area contributed by atoms with Crippen molar-refractivity contribution in [2.45, 2.75) is 33.1 Å². The molecule has 0 spiro atoms. The van der Waals surface area contributed by atoms with Crippen LogP contribution in [0.15, 0.2) is 0 Å². The predicted octanol–water partition coefficient (Wildman–Crippen LogP) is 1.99. The fourth-order valence-corrected chi connectivity index (χ4v) is 1.33. The zero-order valence-corrected chi connectivity index (χ0v) is 7.30. The summed E-state index contributed by atoms with van der Waals surface area (Å²) in [5, 5.41) is 0. The standard InChI is InChI=1S/C9H16O2/c1-7(2)3-4-8-5-6-11-9(8)10/h7-8H,3-6H2,1-2H3/t8-/m0/s1. The molecule has 64 valence electrons. The normalized spacial score (nSPS) is 24.3. The Bertz CT molecular complexity index is 140. The van der Waals surface area contributed by atoms with E-state index < -0.39 is 0 Å². The molecule has 1 atom stereocenters. The van der Waals surface area contributed by atoms with E-state index in [1.54, 1.807) is 0 Å². The summed E-state index contributed by atoms with van der Waals surface area (Å²) in [4.78, 5) is 11.0. The molecule has 11 heavy (non-hydrogen) atoms. The average Bonchev–Trinajstić information content (AvgIpc) is 2.31. The van der Waals surface area contributed by atoms with Gasteiger partial charge in [-0.25, -0.2) is 0 Å². The Labute approximate surface area is 67.9 Å². The van der Waals surface area contributed by atoms with Crippen LogP contribution in [-0.4, -0.2) is 12.6 Å². The number of hydrogen-bond donors (Lipinski definition) is 0. The first-order valence-electron chi connectivity index (χ1n) is 4.37. The van der Waals surface area contributed by atoms with E-state index in [1.165, 1.54) is 0 Å². The summed E-state index contributed by atoms with van der Waals surface area (Å²) in [6, 6.07) is 0. The van der Waals surface area contributed by atoms with Gasteiger partial charge in [0.1, 0.15) is 0 Å². The molecule has 1 heterocycles. The van der Waals surface area contributed by atoms with Crippen molar-refractivity contribution >= 4 is 5.97 Å². The van der Waals surface area contributed by atoms with Crippen molar-refractivity contribution in [2.75, 3.05) is 6.61 Å². The lowest BCUT2D eigenvalue weighted by atomic mass is 9.97. The first kappa shape index (κ1) is 8.57. The maximum atomic E-state index is 11.0. The molecular formula is C9H16O2. The van der Waals surface area contributed by atoms with Gasteiger partial charge in [-0.15, -0.1) is 0 Å². The summed E-state index contributed by atoms with van der Waals surface area (Å²) >= 11 is 0. The van der Waals surface area contributed by atoms with Crippen LogP contribution >= 0.6 is 0 Å². The monoisotopic (exact) mass is 156 g/mol. The summed E-state index contributed by atoms with van der Waals surface area (Å²) in [6.07, 6.45) is 3.09. The van der Waals surface area contributed by atoms with E-state index in [2.05, 4.69) is 13.8 Å². The van der Waals surface area contributed by atoms with Crippen molar-refractivity contribution in [1.82, 2.24) is 0 Å². The quantitative estimate of drug-likeness (QED) is 0.584. The molecule has 0 N–H and O–H groups in total. The van der Waals surface area contributed by atoms with E-state index in [-0.39, 0.29) is 11.9 Å². The largest absolute Gasteiger partial charge is 0.465 e. The molecule has 2 heteroatoms. The first-order chi connectivity index (χ1) is 5.20. The van der Waals surface area contributed by atoms with Crippen LogP contribution in [-0.2, 0) is 9.53 Å². The molecule has 0 aliphatic carbocycles. The first-order valence-corrected chi connectivity index (χ1v) is 4.37. The smallest absolute Gasteiger partial charge is 0.309 e. The summed E-state index contributed by atoms with van der Waals surface area (Å²) < 4.78 is 4.86.